The van der Waals surface area contributed by atoms with Gasteiger partial charge in [-0.05, 0) is 47.5 Å². The van der Waals surface area contributed by atoms with E-state index in [0.29, 0.717) is 0 Å². The van der Waals surface area contributed by atoms with E-state index in [1.807, 2.05) is 0 Å². The van der Waals surface area contributed by atoms with E-state index in [1.165, 1.54) is 0 Å². The van der Waals surface area contributed by atoms with Crippen LogP contribution in [0.5, 0.6) is 34.5 Å². The molecule has 3 aliphatic heterocycles. The van der Waals surface area contributed by atoms with Crippen molar-refractivity contribution in [3.8, 4) is 34.5 Å². The zero-order valence-electron chi connectivity index (χ0n) is 36.2. The van der Waals surface area contributed by atoms with Crippen LogP contribution in [0.4, 0.5) is 0 Å². The van der Waals surface area contributed by atoms with Crippen molar-refractivity contribution < 1.29 is 141 Å². The largest absolute Gasteiger partial charge is 0.504 e. The van der Waals surface area contributed by atoms with Crippen LogP contribution in [0.2, 0.25) is 0 Å². The number of ether oxygens (including phenoxy) is 5. The predicted octanol–water partition coefficient (Wildman–Crippen LogP) is -5.71. The van der Waals surface area contributed by atoms with Crippen molar-refractivity contribution in [1.82, 2.24) is 16.0 Å². The van der Waals surface area contributed by atoms with Crippen LogP contribution in [0, 0.1) is 0 Å². The molecule has 6 rings (SSSR count). The van der Waals surface area contributed by atoms with E-state index in [1.54, 1.807) is 0 Å². The molecule has 17 N–H and O–H groups in total. The second kappa shape index (κ2) is 23.1. The molecule has 0 spiro atoms. The van der Waals surface area contributed by atoms with Crippen molar-refractivity contribution in [1.29, 1.82) is 0 Å². The van der Waals surface area contributed by atoms with Crippen molar-refractivity contribution in [2.75, 3.05) is 33.0 Å². The van der Waals surface area contributed by atoms with Crippen molar-refractivity contribution in [3.63, 3.8) is 0 Å². The normalized spacial score (nSPS) is 29.4. The average Bonchev–Trinajstić information content (AvgIpc) is 3.33. The predicted molar refractivity (Wildman–Crippen MR) is 221 cm³/mol. The first-order chi connectivity index (χ1) is 33.1. The van der Waals surface area contributed by atoms with E-state index in [0.717, 1.165) is 42.5 Å². The van der Waals surface area contributed by atoms with Gasteiger partial charge in [-0.15, -0.1) is 0 Å². The van der Waals surface area contributed by atoms with Gasteiger partial charge in [-0.25, -0.2) is 14.4 Å². The molecule has 0 radical (unpaired) electrons. The number of rotatable bonds is 10. The average molecular weight is 1050 g/mol. The number of hydrogen-bond acceptors (Lipinski definition) is 25. The number of nitrogens with one attached hydrogen (secondary N) is 3. The first-order valence-electron chi connectivity index (χ1n) is 20.7. The van der Waals surface area contributed by atoms with Crippen LogP contribution in [0.15, 0.2) is 42.5 Å². The van der Waals surface area contributed by atoms with Gasteiger partial charge in [0.2, 0.25) is 0 Å². The second-order valence-electron chi connectivity index (χ2n) is 16.0. The van der Waals surface area contributed by atoms with Gasteiger partial charge in [-0.1, -0.05) is 6.07 Å². The molecule has 388 valence electrons. The Balaban J connectivity index is 0.00000937. The van der Waals surface area contributed by atoms with E-state index in [9.17, 15) is 100 Å². The summed E-state index contributed by atoms with van der Waals surface area (Å²) in [4.78, 5) is 81.6. The monoisotopic (exact) mass is 1050 g/mol. The minimum atomic E-state index is -2.15. The van der Waals surface area contributed by atoms with Gasteiger partial charge in [0.1, 0.15) is 80.9 Å². The summed E-state index contributed by atoms with van der Waals surface area (Å²) in [6, 6.07) is 0.0563. The van der Waals surface area contributed by atoms with Gasteiger partial charge >= 0.3 is 17.9 Å². The molecule has 0 saturated carbocycles. The van der Waals surface area contributed by atoms with Gasteiger partial charge in [0, 0.05) is 17.1 Å². The fourth-order valence-corrected chi connectivity index (χ4v) is 7.44. The summed E-state index contributed by atoms with van der Waals surface area (Å²) in [6.45, 7) is -5.27. The molecule has 29 heteroatoms. The number of phenolic OH excluding ortho intramolecular Hbond substituents is 6. The standard InChI is InChI=1S/C42H47N3O25.Fe/c46-8-24-29(54)31(56)33(58)35(69-24)13-4-16(27(52)22(49)6-13)38(61)44-19-11-67-40(63)18(43-37(60)15-2-1-3-21(48)26(15)51)10-66-41(64)20(12-68-42(19)65)45-39(62)17-5-14(7-23(50)28(17)53)36-34(59)32(57)30(55)25(9-47)70-36;/h1-7,18-20,24-25,29-36,46-59H,8-12H2,(H,43,60)(H,44,61)(H,45,62);/t18-,19-,20-,24+,25+,29+,30+,31-,32-,33+,34+,35-,36-;/m0./s1. The molecule has 0 unspecified atom stereocenters. The Morgan fingerprint density at radius 2 is 0.817 bits per heavy atom. The summed E-state index contributed by atoms with van der Waals surface area (Å²) < 4.78 is 26.5. The molecular formula is C42H47FeN3O25. The van der Waals surface area contributed by atoms with Crippen molar-refractivity contribution in [2.24, 2.45) is 0 Å². The van der Waals surface area contributed by atoms with Crippen LogP contribution >= 0.6 is 0 Å². The van der Waals surface area contributed by atoms with Crippen LogP contribution in [-0.2, 0) is 55.1 Å². The minimum Gasteiger partial charge on any atom is -0.504 e. The number of aliphatic hydroxyl groups excluding tert-OH is 8. The van der Waals surface area contributed by atoms with E-state index in [2.05, 4.69) is 16.0 Å². The SMILES string of the molecule is O=C(N[C@H]1COC(=O)[C@@H](NC(=O)c2cc([C@@H]3O[C@H](CO)[C@@H](O)[C@H](O)[C@H]3O)cc(O)c2O)COC(=O)[C@@H](NC(=O)c2cc([C@@H]3O[C@H](CO)[C@@H](O)[C@H](O)[C@H]3O)cc(O)c2O)COC1=O)c1cccc(O)c1O.[Fe]. The third-order valence-electron chi connectivity index (χ3n) is 11.4. The van der Waals surface area contributed by atoms with Crippen molar-refractivity contribution in [2.45, 2.75) is 79.2 Å². The third kappa shape index (κ3) is 11.8. The Morgan fingerprint density at radius 3 is 1.17 bits per heavy atom. The van der Waals surface area contributed by atoms with E-state index in [-0.39, 0.29) is 28.2 Å². The number of aromatic hydroxyl groups is 6. The Bertz CT molecular complexity index is 2390. The third-order valence-corrected chi connectivity index (χ3v) is 11.4. The van der Waals surface area contributed by atoms with Crippen LogP contribution in [0.3, 0.4) is 0 Å². The molecule has 0 bridgehead atoms. The van der Waals surface area contributed by atoms with E-state index in [4.69, 9.17) is 23.7 Å². The fourth-order valence-electron chi connectivity index (χ4n) is 7.44. The molecule has 3 heterocycles. The molecule has 0 aliphatic carbocycles. The molecule has 3 fully saturated rings. The molecule has 13 atom stereocenters. The van der Waals surface area contributed by atoms with Gasteiger partial charge in [0.05, 0.1) is 29.9 Å². The number of benzene rings is 3. The Labute approximate surface area is 408 Å². The molecule has 3 amide bonds. The number of amides is 3. The number of carbonyl (C=O) groups excluding carboxylic acids is 6. The summed E-state index contributed by atoms with van der Waals surface area (Å²) >= 11 is 0. The van der Waals surface area contributed by atoms with E-state index >= 15 is 0 Å². The molecular weight excluding hydrogens is 1000 g/mol. The molecule has 71 heavy (non-hydrogen) atoms. The Morgan fingerprint density at radius 1 is 0.479 bits per heavy atom. The fraction of sp³-hybridized carbons (Fsp3) is 0.429. The Hall–Kier alpha value is -6.60. The molecule has 3 aliphatic rings. The number of cyclic esters (lactones) is 3. The first-order valence-corrected chi connectivity index (χ1v) is 20.7. The van der Waals surface area contributed by atoms with Gasteiger partial charge in [0.15, 0.2) is 52.6 Å². The zero-order chi connectivity index (χ0) is 51.5. The maximum atomic E-state index is 13.8. The van der Waals surface area contributed by atoms with Crippen LogP contribution in [-0.4, -0.2) is 207 Å². The maximum absolute atomic E-state index is 13.8. The number of phenols is 6. The second-order valence-corrected chi connectivity index (χ2v) is 16.0. The van der Waals surface area contributed by atoms with Crippen molar-refractivity contribution in [3.05, 3.63) is 70.3 Å². The molecule has 28 nitrogen and oxygen atoms in total. The minimum absolute atomic E-state index is 0. The molecule has 3 aromatic carbocycles. The molecule has 0 aromatic heterocycles. The summed E-state index contributed by atoms with van der Waals surface area (Å²) in [5.74, 6) is -14.8. The topological polar surface area (TPSA) is 468 Å². The summed E-state index contributed by atoms with van der Waals surface area (Å²) in [7, 11) is 0. The Kier molecular flexibility index (Phi) is 18.0. The number of para-hydroxylation sites is 1. The zero-order valence-corrected chi connectivity index (χ0v) is 37.3. The summed E-state index contributed by atoms with van der Waals surface area (Å²) in [5, 5.41) is 151. The van der Waals surface area contributed by atoms with Crippen LogP contribution < -0.4 is 16.0 Å². The molecule has 3 saturated heterocycles. The maximum Gasteiger partial charge on any atom is 0.332 e. The number of hydrogen-bond donors (Lipinski definition) is 17. The smallest absolute Gasteiger partial charge is 0.332 e. The van der Waals surface area contributed by atoms with E-state index < -0.39 is 199 Å². The van der Waals surface area contributed by atoms with Gasteiger partial charge < -0.3 is 111 Å². The summed E-state index contributed by atoms with van der Waals surface area (Å²) in [5.41, 5.74) is -2.98. The number of carbonyl (C=O) groups is 6. The van der Waals surface area contributed by atoms with Crippen LogP contribution in [0.25, 0.3) is 0 Å². The first kappa shape index (κ1) is 55.3. The van der Waals surface area contributed by atoms with Gasteiger partial charge in [-0.2, -0.15) is 0 Å². The van der Waals surface area contributed by atoms with Gasteiger partial charge in [-0.3, -0.25) is 14.4 Å². The number of aliphatic hydroxyl groups is 8. The van der Waals surface area contributed by atoms with Crippen molar-refractivity contribution >= 4 is 35.6 Å². The molecule has 3 aromatic rings. The quantitative estimate of drug-likeness (QED) is 0.0389. The number of esters is 3. The summed E-state index contributed by atoms with van der Waals surface area (Å²) in [6.07, 6.45) is -17.6. The van der Waals surface area contributed by atoms with Crippen LogP contribution in [0.1, 0.15) is 54.4 Å². The van der Waals surface area contributed by atoms with Gasteiger partial charge in [0.25, 0.3) is 17.7 Å².